The molecule has 1 aliphatic rings. The van der Waals surface area contributed by atoms with Gasteiger partial charge in [0.05, 0.1) is 5.92 Å². The lowest BCUT2D eigenvalue weighted by molar-refractivity contribution is -0.142. The maximum Gasteiger partial charge on any atom is 0.307 e. The zero-order chi connectivity index (χ0) is 12.1. The first-order valence-electron chi connectivity index (χ1n) is 6.51. The number of hydrogen-bond acceptors (Lipinski definition) is 2. The molecule has 3 unspecified atom stereocenters. The maximum absolute atomic E-state index is 10.9. The van der Waals surface area contributed by atoms with Gasteiger partial charge >= 0.3 is 5.97 Å². The zero-order valence-electron chi connectivity index (χ0n) is 10.8. The summed E-state index contributed by atoms with van der Waals surface area (Å²) < 4.78 is 0. The highest BCUT2D eigenvalue weighted by molar-refractivity contribution is 5.69. The first-order valence-corrected chi connectivity index (χ1v) is 6.51. The van der Waals surface area contributed by atoms with E-state index in [2.05, 4.69) is 18.7 Å². The van der Waals surface area contributed by atoms with Crippen LogP contribution < -0.4 is 0 Å². The van der Waals surface area contributed by atoms with Crippen LogP contribution >= 0.6 is 0 Å². The van der Waals surface area contributed by atoms with Gasteiger partial charge in [-0.3, -0.25) is 9.69 Å². The fraction of sp³-hybridized carbons (Fsp3) is 0.923. The second-order valence-corrected chi connectivity index (χ2v) is 5.25. The molecule has 94 valence electrons. The van der Waals surface area contributed by atoms with Crippen molar-refractivity contribution >= 4 is 5.97 Å². The molecule has 0 amide bonds. The molecule has 3 atom stereocenters. The van der Waals surface area contributed by atoms with Crippen molar-refractivity contribution in [3.05, 3.63) is 0 Å². The number of carboxylic acid groups (broad SMARTS) is 1. The fourth-order valence-electron chi connectivity index (χ4n) is 2.70. The van der Waals surface area contributed by atoms with Gasteiger partial charge in [-0.25, -0.2) is 0 Å². The summed E-state index contributed by atoms with van der Waals surface area (Å²) in [7, 11) is 0. The molecule has 1 rings (SSSR count). The molecule has 0 aliphatic heterocycles. The number of carboxylic acids is 1. The van der Waals surface area contributed by atoms with Gasteiger partial charge in [0, 0.05) is 12.6 Å². The highest BCUT2D eigenvalue weighted by Gasteiger charge is 2.26. The summed E-state index contributed by atoms with van der Waals surface area (Å²) in [5.41, 5.74) is 0. The highest BCUT2D eigenvalue weighted by Crippen LogP contribution is 2.27. The van der Waals surface area contributed by atoms with Gasteiger partial charge < -0.3 is 5.11 Å². The number of nitrogens with zero attached hydrogens (tertiary/aromatic N) is 1. The SMILES string of the molecule is CCN(CC(C)C(=O)O)C1CCCC(C)C1. The molecule has 1 aliphatic carbocycles. The average molecular weight is 227 g/mol. The highest BCUT2D eigenvalue weighted by atomic mass is 16.4. The normalized spacial score (nSPS) is 28.0. The monoisotopic (exact) mass is 227 g/mol. The van der Waals surface area contributed by atoms with Crippen LogP contribution in [0.2, 0.25) is 0 Å². The average Bonchev–Trinajstić information content (AvgIpc) is 2.25. The van der Waals surface area contributed by atoms with Crippen LogP contribution in [0.1, 0.15) is 46.5 Å². The van der Waals surface area contributed by atoms with Crippen LogP contribution in [0.5, 0.6) is 0 Å². The van der Waals surface area contributed by atoms with E-state index >= 15 is 0 Å². The Labute approximate surface area is 98.8 Å². The zero-order valence-corrected chi connectivity index (χ0v) is 10.8. The quantitative estimate of drug-likeness (QED) is 0.785. The summed E-state index contributed by atoms with van der Waals surface area (Å²) in [6.45, 7) is 7.91. The van der Waals surface area contributed by atoms with Crippen LogP contribution in [0, 0.1) is 11.8 Å². The number of aliphatic carboxylic acids is 1. The van der Waals surface area contributed by atoms with E-state index in [9.17, 15) is 4.79 Å². The molecule has 0 spiro atoms. The summed E-state index contributed by atoms with van der Waals surface area (Å²) in [4.78, 5) is 13.2. The molecular formula is C13H25NO2. The molecule has 0 saturated heterocycles. The molecule has 0 aromatic heterocycles. The van der Waals surface area contributed by atoms with Gasteiger partial charge in [-0.05, 0) is 25.3 Å². The Morgan fingerprint density at radius 2 is 2.19 bits per heavy atom. The molecule has 3 heteroatoms. The molecule has 0 aromatic carbocycles. The first-order chi connectivity index (χ1) is 7.54. The number of rotatable bonds is 5. The van der Waals surface area contributed by atoms with Crippen LogP contribution in [-0.4, -0.2) is 35.1 Å². The first kappa shape index (κ1) is 13.5. The second kappa shape index (κ2) is 6.24. The standard InChI is InChI=1S/C13H25NO2/c1-4-14(9-11(3)13(15)16)12-7-5-6-10(2)8-12/h10-12H,4-9H2,1-3H3,(H,15,16). The van der Waals surface area contributed by atoms with Crippen molar-refractivity contribution in [2.45, 2.75) is 52.5 Å². The van der Waals surface area contributed by atoms with Gasteiger partial charge in [0.25, 0.3) is 0 Å². The van der Waals surface area contributed by atoms with E-state index in [0.29, 0.717) is 12.6 Å². The molecule has 0 aromatic rings. The Morgan fingerprint density at radius 1 is 1.50 bits per heavy atom. The molecule has 0 radical (unpaired) electrons. The molecule has 1 fully saturated rings. The van der Waals surface area contributed by atoms with E-state index in [0.717, 1.165) is 12.5 Å². The van der Waals surface area contributed by atoms with Gasteiger partial charge in [-0.1, -0.05) is 33.6 Å². The molecular weight excluding hydrogens is 202 g/mol. The van der Waals surface area contributed by atoms with Gasteiger partial charge in [-0.2, -0.15) is 0 Å². The third kappa shape index (κ3) is 3.78. The van der Waals surface area contributed by atoms with Crippen molar-refractivity contribution in [1.29, 1.82) is 0 Å². The van der Waals surface area contributed by atoms with Crippen molar-refractivity contribution in [3.8, 4) is 0 Å². The van der Waals surface area contributed by atoms with E-state index in [1.165, 1.54) is 25.7 Å². The molecule has 0 bridgehead atoms. The van der Waals surface area contributed by atoms with E-state index in [1.54, 1.807) is 6.92 Å². The fourth-order valence-corrected chi connectivity index (χ4v) is 2.70. The van der Waals surface area contributed by atoms with Gasteiger partial charge in [0.15, 0.2) is 0 Å². The molecule has 0 heterocycles. The van der Waals surface area contributed by atoms with Crippen LogP contribution in [0.3, 0.4) is 0 Å². The molecule has 1 N–H and O–H groups in total. The van der Waals surface area contributed by atoms with E-state index < -0.39 is 5.97 Å². The van der Waals surface area contributed by atoms with Crippen LogP contribution in [0.4, 0.5) is 0 Å². The minimum Gasteiger partial charge on any atom is -0.481 e. The lowest BCUT2D eigenvalue weighted by Gasteiger charge is -2.36. The van der Waals surface area contributed by atoms with Gasteiger partial charge in [0.1, 0.15) is 0 Å². The lowest BCUT2D eigenvalue weighted by atomic mass is 9.86. The van der Waals surface area contributed by atoms with Crippen molar-refractivity contribution in [2.24, 2.45) is 11.8 Å². The maximum atomic E-state index is 10.9. The third-order valence-electron chi connectivity index (χ3n) is 3.76. The summed E-state index contributed by atoms with van der Waals surface area (Å²) in [5, 5.41) is 8.95. The number of hydrogen-bond donors (Lipinski definition) is 1. The molecule has 3 nitrogen and oxygen atoms in total. The molecule has 1 saturated carbocycles. The summed E-state index contributed by atoms with van der Waals surface area (Å²) in [6.07, 6.45) is 5.11. The Bertz CT molecular complexity index is 230. The Morgan fingerprint density at radius 3 is 2.69 bits per heavy atom. The Kier molecular flexibility index (Phi) is 5.26. The summed E-state index contributed by atoms with van der Waals surface area (Å²) >= 11 is 0. The van der Waals surface area contributed by atoms with Crippen molar-refractivity contribution in [3.63, 3.8) is 0 Å². The summed E-state index contributed by atoms with van der Waals surface area (Å²) in [5.74, 6) is -0.132. The smallest absolute Gasteiger partial charge is 0.307 e. The largest absolute Gasteiger partial charge is 0.481 e. The predicted octanol–water partition coefficient (Wildman–Crippen LogP) is 2.61. The van der Waals surface area contributed by atoms with Crippen LogP contribution in [0.15, 0.2) is 0 Å². The second-order valence-electron chi connectivity index (χ2n) is 5.25. The van der Waals surface area contributed by atoms with Crippen molar-refractivity contribution in [2.75, 3.05) is 13.1 Å². The predicted molar refractivity (Wildman–Crippen MR) is 65.5 cm³/mol. The summed E-state index contributed by atoms with van der Waals surface area (Å²) in [6, 6.07) is 0.607. The third-order valence-corrected chi connectivity index (χ3v) is 3.76. The van der Waals surface area contributed by atoms with Crippen LogP contribution in [0.25, 0.3) is 0 Å². The minimum absolute atomic E-state index is 0.253. The minimum atomic E-state index is -0.678. The van der Waals surface area contributed by atoms with Gasteiger partial charge in [-0.15, -0.1) is 0 Å². The lowest BCUT2D eigenvalue weighted by Crippen LogP contribution is -2.42. The van der Waals surface area contributed by atoms with Crippen molar-refractivity contribution < 1.29 is 9.90 Å². The van der Waals surface area contributed by atoms with Crippen molar-refractivity contribution in [1.82, 2.24) is 4.90 Å². The van der Waals surface area contributed by atoms with E-state index in [4.69, 9.17) is 5.11 Å². The number of carbonyl (C=O) groups is 1. The van der Waals surface area contributed by atoms with E-state index in [1.807, 2.05) is 0 Å². The Balaban J connectivity index is 2.49. The van der Waals surface area contributed by atoms with Crippen LogP contribution in [-0.2, 0) is 4.79 Å². The van der Waals surface area contributed by atoms with Gasteiger partial charge in [0.2, 0.25) is 0 Å². The van der Waals surface area contributed by atoms with E-state index in [-0.39, 0.29) is 5.92 Å². The Hall–Kier alpha value is -0.570. The molecule has 16 heavy (non-hydrogen) atoms. The topological polar surface area (TPSA) is 40.5 Å².